The first-order chi connectivity index (χ1) is 9.14. The van der Waals surface area contributed by atoms with E-state index in [0.717, 1.165) is 50.6 Å². The Hall–Kier alpha value is -1.37. The standard InChI is InChI=1S/C12H19N5OS/c1-2-5-16-6-3-12(9(16)18)4-7-17(8-12)11-15-14-10(13)19-11/h2-8H2,1H3,(H2,13,14). The summed E-state index contributed by atoms with van der Waals surface area (Å²) in [5.74, 6) is 0.328. The molecule has 1 spiro atoms. The molecule has 2 N–H and O–H groups in total. The number of anilines is 2. The monoisotopic (exact) mass is 281 g/mol. The molecule has 2 aliphatic heterocycles. The van der Waals surface area contributed by atoms with Gasteiger partial charge in [0.05, 0.1) is 5.41 Å². The summed E-state index contributed by atoms with van der Waals surface area (Å²) in [6.07, 6.45) is 2.92. The van der Waals surface area contributed by atoms with Crippen molar-refractivity contribution in [2.24, 2.45) is 5.41 Å². The molecule has 2 fully saturated rings. The maximum atomic E-state index is 12.5. The molecular weight excluding hydrogens is 262 g/mol. The Bertz CT molecular complexity index is 490. The van der Waals surface area contributed by atoms with Crippen LogP contribution in [-0.4, -0.2) is 47.2 Å². The molecule has 0 bridgehead atoms. The van der Waals surface area contributed by atoms with E-state index in [1.807, 2.05) is 4.90 Å². The van der Waals surface area contributed by atoms with E-state index in [0.29, 0.717) is 11.0 Å². The molecule has 7 heteroatoms. The van der Waals surface area contributed by atoms with Gasteiger partial charge < -0.3 is 15.5 Å². The predicted octanol–water partition coefficient (Wildman–Crippen LogP) is 0.959. The van der Waals surface area contributed by atoms with Gasteiger partial charge in [-0.05, 0) is 19.3 Å². The first-order valence-electron chi connectivity index (χ1n) is 6.78. The fourth-order valence-electron chi connectivity index (χ4n) is 3.14. The second-order valence-corrected chi connectivity index (χ2v) is 6.40. The van der Waals surface area contributed by atoms with Gasteiger partial charge in [0.2, 0.25) is 16.2 Å². The molecule has 1 aromatic heterocycles. The second-order valence-electron chi connectivity index (χ2n) is 5.42. The molecule has 2 aliphatic rings. The van der Waals surface area contributed by atoms with E-state index in [1.165, 1.54) is 11.3 Å². The first-order valence-corrected chi connectivity index (χ1v) is 7.59. The fraction of sp³-hybridized carbons (Fsp3) is 0.750. The van der Waals surface area contributed by atoms with E-state index in [9.17, 15) is 4.79 Å². The predicted molar refractivity (Wildman–Crippen MR) is 75.1 cm³/mol. The lowest BCUT2D eigenvalue weighted by Gasteiger charge is -2.23. The fourth-order valence-corrected chi connectivity index (χ4v) is 3.78. The van der Waals surface area contributed by atoms with Crippen LogP contribution in [0.1, 0.15) is 26.2 Å². The van der Waals surface area contributed by atoms with Crippen LogP contribution in [0, 0.1) is 5.41 Å². The molecule has 1 aromatic rings. The third kappa shape index (κ3) is 2.05. The number of aromatic nitrogens is 2. The number of nitrogens with two attached hydrogens (primary N) is 1. The van der Waals surface area contributed by atoms with Gasteiger partial charge in [-0.15, -0.1) is 10.2 Å². The van der Waals surface area contributed by atoms with Gasteiger partial charge >= 0.3 is 0 Å². The van der Waals surface area contributed by atoms with Crippen LogP contribution in [0.3, 0.4) is 0 Å². The molecule has 3 rings (SSSR count). The van der Waals surface area contributed by atoms with Gasteiger partial charge in [-0.2, -0.15) is 0 Å². The number of amides is 1. The summed E-state index contributed by atoms with van der Waals surface area (Å²) >= 11 is 1.40. The number of nitrogens with zero attached hydrogens (tertiary/aromatic N) is 4. The maximum Gasteiger partial charge on any atom is 0.230 e. The molecule has 0 aliphatic carbocycles. The van der Waals surface area contributed by atoms with E-state index in [2.05, 4.69) is 22.0 Å². The first kappa shape index (κ1) is 12.7. The Morgan fingerprint density at radius 3 is 2.84 bits per heavy atom. The number of nitrogen functional groups attached to an aromatic ring is 1. The minimum atomic E-state index is -0.185. The second kappa shape index (κ2) is 4.63. The van der Waals surface area contributed by atoms with Crippen LogP contribution in [0.15, 0.2) is 0 Å². The maximum absolute atomic E-state index is 12.5. The van der Waals surface area contributed by atoms with E-state index in [1.54, 1.807) is 0 Å². The normalized spacial score (nSPS) is 26.9. The number of likely N-dealkylation sites (tertiary alicyclic amines) is 1. The average molecular weight is 281 g/mol. The lowest BCUT2D eigenvalue weighted by Crippen LogP contribution is -2.37. The molecule has 104 valence electrons. The van der Waals surface area contributed by atoms with E-state index in [-0.39, 0.29) is 5.41 Å². The van der Waals surface area contributed by atoms with Gasteiger partial charge in [0.25, 0.3) is 0 Å². The van der Waals surface area contributed by atoms with Crippen LogP contribution < -0.4 is 10.6 Å². The minimum absolute atomic E-state index is 0.185. The third-order valence-corrected chi connectivity index (χ3v) is 4.96. The van der Waals surface area contributed by atoms with Crippen molar-refractivity contribution in [2.45, 2.75) is 26.2 Å². The molecule has 1 unspecified atom stereocenters. The summed E-state index contributed by atoms with van der Waals surface area (Å²) in [5, 5.41) is 9.26. The number of hydrogen-bond donors (Lipinski definition) is 1. The largest absolute Gasteiger partial charge is 0.374 e. The van der Waals surface area contributed by atoms with Crippen molar-refractivity contribution >= 4 is 27.5 Å². The van der Waals surface area contributed by atoms with Crippen molar-refractivity contribution in [2.75, 3.05) is 36.8 Å². The van der Waals surface area contributed by atoms with Gasteiger partial charge in [0.1, 0.15) is 0 Å². The zero-order valence-electron chi connectivity index (χ0n) is 11.1. The van der Waals surface area contributed by atoms with Crippen LogP contribution in [0.25, 0.3) is 0 Å². The van der Waals surface area contributed by atoms with E-state index in [4.69, 9.17) is 5.73 Å². The Balaban J connectivity index is 1.73. The zero-order valence-corrected chi connectivity index (χ0v) is 11.9. The van der Waals surface area contributed by atoms with Crippen molar-refractivity contribution in [3.05, 3.63) is 0 Å². The lowest BCUT2D eigenvalue weighted by molar-refractivity contribution is -0.135. The van der Waals surface area contributed by atoms with Crippen LogP contribution in [0.5, 0.6) is 0 Å². The number of rotatable bonds is 3. The topological polar surface area (TPSA) is 75.3 Å². The molecule has 0 saturated carbocycles. The van der Waals surface area contributed by atoms with Gasteiger partial charge in [-0.1, -0.05) is 18.3 Å². The van der Waals surface area contributed by atoms with E-state index < -0.39 is 0 Å². The quantitative estimate of drug-likeness (QED) is 0.893. The number of hydrogen-bond acceptors (Lipinski definition) is 6. The highest BCUT2D eigenvalue weighted by atomic mass is 32.1. The van der Waals surface area contributed by atoms with Gasteiger partial charge in [-0.25, -0.2) is 0 Å². The van der Waals surface area contributed by atoms with Crippen LogP contribution >= 0.6 is 11.3 Å². The molecular formula is C12H19N5OS. The molecule has 1 atom stereocenters. The molecule has 2 saturated heterocycles. The summed E-state index contributed by atoms with van der Waals surface area (Å²) in [6.45, 7) is 5.54. The van der Waals surface area contributed by atoms with Crippen molar-refractivity contribution in [3.8, 4) is 0 Å². The molecule has 6 nitrogen and oxygen atoms in total. The SMILES string of the molecule is CCCN1CCC2(CCN(c3nnc(N)s3)C2)C1=O. The lowest BCUT2D eigenvalue weighted by atomic mass is 9.85. The molecule has 0 aromatic carbocycles. The number of carbonyl (C=O) groups excluding carboxylic acids is 1. The van der Waals surface area contributed by atoms with Crippen molar-refractivity contribution in [1.29, 1.82) is 0 Å². The minimum Gasteiger partial charge on any atom is -0.374 e. The third-order valence-electron chi connectivity index (χ3n) is 4.15. The molecule has 0 radical (unpaired) electrons. The zero-order chi connectivity index (χ0) is 13.5. The summed E-state index contributed by atoms with van der Waals surface area (Å²) in [5.41, 5.74) is 5.44. The van der Waals surface area contributed by atoms with E-state index >= 15 is 0 Å². The van der Waals surface area contributed by atoms with Crippen LogP contribution in [0.2, 0.25) is 0 Å². The summed E-state index contributed by atoms with van der Waals surface area (Å²) in [6, 6.07) is 0. The summed E-state index contributed by atoms with van der Waals surface area (Å²) < 4.78 is 0. The Kier molecular flexibility index (Phi) is 3.08. The molecule has 19 heavy (non-hydrogen) atoms. The highest BCUT2D eigenvalue weighted by Crippen LogP contribution is 2.42. The van der Waals surface area contributed by atoms with Crippen molar-refractivity contribution in [1.82, 2.24) is 15.1 Å². The van der Waals surface area contributed by atoms with Gasteiger partial charge in [0.15, 0.2) is 0 Å². The van der Waals surface area contributed by atoms with Crippen molar-refractivity contribution < 1.29 is 4.79 Å². The number of carbonyl (C=O) groups is 1. The Morgan fingerprint density at radius 1 is 1.37 bits per heavy atom. The highest BCUT2D eigenvalue weighted by Gasteiger charge is 2.50. The summed E-state index contributed by atoms with van der Waals surface area (Å²) in [7, 11) is 0. The average Bonchev–Trinajstić information content (AvgIpc) is 3.07. The Morgan fingerprint density at radius 2 is 2.16 bits per heavy atom. The highest BCUT2D eigenvalue weighted by molar-refractivity contribution is 7.18. The molecule has 3 heterocycles. The van der Waals surface area contributed by atoms with Gasteiger partial charge in [-0.3, -0.25) is 4.79 Å². The summed E-state index contributed by atoms with van der Waals surface area (Å²) in [4.78, 5) is 16.7. The molecule has 1 amide bonds. The van der Waals surface area contributed by atoms with Crippen LogP contribution in [0.4, 0.5) is 10.3 Å². The van der Waals surface area contributed by atoms with Crippen LogP contribution in [-0.2, 0) is 4.79 Å². The smallest absolute Gasteiger partial charge is 0.230 e. The van der Waals surface area contributed by atoms with Crippen molar-refractivity contribution in [3.63, 3.8) is 0 Å². The van der Waals surface area contributed by atoms with Gasteiger partial charge in [0, 0.05) is 26.2 Å². The Labute approximate surface area is 116 Å².